The number of carbonyl (C=O) groups is 8. The van der Waals surface area contributed by atoms with E-state index >= 15 is 0 Å². The second-order valence-corrected chi connectivity index (χ2v) is 18.6. The van der Waals surface area contributed by atoms with Gasteiger partial charge >= 0.3 is 6.09 Å². The van der Waals surface area contributed by atoms with E-state index in [1.807, 2.05) is 92.7 Å². The molecule has 18 heteroatoms. The molecule has 1 aliphatic carbocycles. The van der Waals surface area contributed by atoms with E-state index in [1.165, 1.54) is 13.8 Å². The number of primary amides is 1. The van der Waals surface area contributed by atoms with E-state index in [9.17, 15) is 38.4 Å². The number of hydrogen-bond acceptors (Lipinski definition) is 10. The number of nitrogens with two attached hydrogens (primary N) is 1. The van der Waals surface area contributed by atoms with E-state index in [0.717, 1.165) is 34.2 Å². The van der Waals surface area contributed by atoms with Gasteiger partial charge in [0.15, 0.2) is 0 Å². The fourth-order valence-corrected chi connectivity index (χ4v) is 8.78. The van der Waals surface area contributed by atoms with E-state index in [0.29, 0.717) is 45.2 Å². The maximum atomic E-state index is 13.8. The van der Waals surface area contributed by atoms with Crippen LogP contribution in [-0.4, -0.2) is 110 Å². The molecule has 0 aromatic heterocycles. The van der Waals surface area contributed by atoms with Gasteiger partial charge in [0.25, 0.3) is 0 Å². The van der Waals surface area contributed by atoms with E-state index in [4.69, 9.17) is 10.5 Å². The van der Waals surface area contributed by atoms with Gasteiger partial charge in [0.05, 0.1) is 6.04 Å². The zero-order valence-corrected chi connectivity index (χ0v) is 40.8. The molecule has 3 aromatic carbocycles. The second-order valence-electron chi connectivity index (χ2n) is 18.6. The first-order valence-corrected chi connectivity index (χ1v) is 24.5. The highest BCUT2D eigenvalue weighted by molar-refractivity contribution is 5.95. The van der Waals surface area contributed by atoms with Crippen LogP contribution in [0.3, 0.4) is 0 Å². The molecule has 1 aliphatic heterocycles. The summed E-state index contributed by atoms with van der Waals surface area (Å²) in [4.78, 5) is 104. The van der Waals surface area contributed by atoms with Crippen LogP contribution in [0.1, 0.15) is 108 Å². The molecule has 1 fully saturated rings. The van der Waals surface area contributed by atoms with Crippen molar-refractivity contribution in [2.24, 2.45) is 11.7 Å². The van der Waals surface area contributed by atoms with Crippen molar-refractivity contribution in [1.82, 2.24) is 42.5 Å². The lowest BCUT2D eigenvalue weighted by Gasteiger charge is -2.26. The number of rotatable bonds is 27. The summed E-state index contributed by atoms with van der Waals surface area (Å²) >= 11 is 0. The van der Waals surface area contributed by atoms with Gasteiger partial charge in [-0.3, -0.25) is 33.6 Å². The number of amides is 8. The zero-order chi connectivity index (χ0) is 50.6. The minimum atomic E-state index is -1.08. The number of benzene rings is 3. The Labute approximate surface area is 410 Å². The van der Waals surface area contributed by atoms with Crippen LogP contribution in [0.15, 0.2) is 78.9 Å². The topological polar surface area (TPSA) is 268 Å². The lowest BCUT2D eigenvalue weighted by molar-refractivity contribution is -0.134. The quantitative estimate of drug-likeness (QED) is 0.0505. The SMILES string of the molecule is CC(=O)NCCCC[C@H](NC(=O)OCC1c2ccccc2-c2ccccc21)C(=O)N[C@@H](CCCCNC(=O)[C@H](C)NC(=O)[C@H](CC(C)C)NC(=O)[C@H](Cc1ccccc1)NC(=O)[C@@H]1CCCN1)C(N)=O. The predicted molar refractivity (Wildman–Crippen MR) is 265 cm³/mol. The molecule has 0 bridgehead atoms. The van der Waals surface area contributed by atoms with Gasteiger partial charge in [-0.2, -0.15) is 0 Å². The first-order chi connectivity index (χ1) is 33.6. The van der Waals surface area contributed by atoms with Gasteiger partial charge in [0.2, 0.25) is 41.4 Å². The van der Waals surface area contributed by atoms with Crippen molar-refractivity contribution in [3.63, 3.8) is 0 Å². The molecule has 0 unspecified atom stereocenters. The van der Waals surface area contributed by atoms with Crippen LogP contribution in [0.4, 0.5) is 4.79 Å². The molecule has 0 spiro atoms. The van der Waals surface area contributed by atoms with Crippen LogP contribution < -0.4 is 48.3 Å². The van der Waals surface area contributed by atoms with Crippen LogP contribution in [0.2, 0.25) is 0 Å². The fourth-order valence-electron chi connectivity index (χ4n) is 8.78. The molecule has 0 saturated carbocycles. The van der Waals surface area contributed by atoms with Gasteiger partial charge in [-0.25, -0.2) is 4.79 Å². The molecular formula is C52H71N9O9. The summed E-state index contributed by atoms with van der Waals surface area (Å²) in [6.07, 6.45) is 3.31. The molecule has 2 aliphatic rings. The van der Waals surface area contributed by atoms with Crippen molar-refractivity contribution in [2.75, 3.05) is 26.2 Å². The lowest BCUT2D eigenvalue weighted by atomic mass is 9.98. The number of ether oxygens (including phenoxy) is 1. The molecule has 70 heavy (non-hydrogen) atoms. The Balaban J connectivity index is 1.09. The van der Waals surface area contributed by atoms with Gasteiger partial charge in [0.1, 0.15) is 36.8 Å². The molecule has 1 saturated heterocycles. The highest BCUT2D eigenvalue weighted by Crippen LogP contribution is 2.44. The normalized spacial score (nSPS) is 16.0. The van der Waals surface area contributed by atoms with Crippen molar-refractivity contribution >= 4 is 47.4 Å². The number of carbonyl (C=O) groups excluding carboxylic acids is 8. The number of nitrogens with one attached hydrogen (secondary N) is 8. The zero-order valence-electron chi connectivity index (χ0n) is 40.8. The van der Waals surface area contributed by atoms with Gasteiger partial charge < -0.3 is 53.0 Å². The third kappa shape index (κ3) is 16.7. The largest absolute Gasteiger partial charge is 0.449 e. The summed E-state index contributed by atoms with van der Waals surface area (Å²) in [6.45, 7) is 8.07. The third-order valence-corrected chi connectivity index (χ3v) is 12.5. The minimum absolute atomic E-state index is 0.00341. The van der Waals surface area contributed by atoms with Crippen LogP contribution in [-0.2, 0) is 44.7 Å². The van der Waals surface area contributed by atoms with Crippen molar-refractivity contribution in [3.05, 3.63) is 95.6 Å². The summed E-state index contributed by atoms with van der Waals surface area (Å²) in [6, 6.07) is 19.7. The Morgan fingerprint density at radius 1 is 0.643 bits per heavy atom. The van der Waals surface area contributed by atoms with E-state index < -0.39 is 71.9 Å². The number of fused-ring (bicyclic) bond motifs is 3. The van der Waals surface area contributed by atoms with Crippen molar-refractivity contribution in [3.8, 4) is 11.1 Å². The van der Waals surface area contributed by atoms with Gasteiger partial charge in [-0.1, -0.05) is 92.7 Å². The first-order valence-electron chi connectivity index (χ1n) is 24.5. The maximum absolute atomic E-state index is 13.8. The highest BCUT2D eigenvalue weighted by Gasteiger charge is 2.33. The number of alkyl carbamates (subject to hydrolysis) is 1. The monoisotopic (exact) mass is 966 g/mol. The van der Waals surface area contributed by atoms with Crippen LogP contribution in [0, 0.1) is 5.92 Å². The van der Waals surface area contributed by atoms with Crippen molar-refractivity contribution in [2.45, 2.75) is 134 Å². The molecule has 10 N–H and O–H groups in total. The fraction of sp³-hybridized carbons (Fsp3) is 0.500. The summed E-state index contributed by atoms with van der Waals surface area (Å²) in [5, 5.41) is 22.4. The summed E-state index contributed by atoms with van der Waals surface area (Å²) in [5.74, 6) is -3.59. The van der Waals surface area contributed by atoms with E-state index in [2.05, 4.69) is 42.5 Å². The van der Waals surface area contributed by atoms with Crippen LogP contribution in [0.25, 0.3) is 11.1 Å². The Bertz CT molecular complexity index is 2220. The first kappa shape index (κ1) is 54.1. The standard InChI is InChI=1S/C52H71N9O9/c1-32(2)29-44(59-51(68)45(30-35-17-6-5-7-18-35)60-48(65)42-25-16-28-55-42)50(67)57-33(3)47(64)56-27-15-12-23-41(46(53)63)58-49(66)43(24-13-14-26-54-34(4)62)61-52(69)70-31-40-38-21-10-8-19-36(38)37-20-9-11-22-39(37)40/h5-11,17-22,32-33,40-45,55H,12-16,23-31H2,1-4H3,(H2,53,63)(H,54,62)(H,56,64)(H,57,67)(H,58,66)(H,59,68)(H,60,65)(H,61,69)/t33-,41-,42-,43-,44-,45-/m0/s1. The number of hydrogen-bond donors (Lipinski definition) is 9. The predicted octanol–water partition coefficient (Wildman–Crippen LogP) is 2.97. The molecule has 0 radical (unpaired) electrons. The molecule has 6 atom stereocenters. The maximum Gasteiger partial charge on any atom is 0.407 e. The molecule has 1 heterocycles. The summed E-state index contributed by atoms with van der Waals surface area (Å²) < 4.78 is 5.71. The minimum Gasteiger partial charge on any atom is -0.449 e. The second kappa shape index (κ2) is 27.4. The van der Waals surface area contributed by atoms with Crippen molar-refractivity contribution < 1.29 is 43.1 Å². The van der Waals surface area contributed by atoms with Crippen molar-refractivity contribution in [1.29, 1.82) is 0 Å². The van der Waals surface area contributed by atoms with Gasteiger partial charge in [-0.05, 0) is 105 Å². The molecule has 378 valence electrons. The molecule has 5 rings (SSSR count). The molecular weight excluding hydrogens is 895 g/mol. The Morgan fingerprint density at radius 3 is 1.81 bits per heavy atom. The average molecular weight is 966 g/mol. The van der Waals surface area contributed by atoms with E-state index in [-0.39, 0.29) is 62.5 Å². The summed E-state index contributed by atoms with van der Waals surface area (Å²) in [7, 11) is 0. The molecule has 8 amide bonds. The Morgan fingerprint density at radius 2 is 1.21 bits per heavy atom. The van der Waals surface area contributed by atoms with E-state index in [1.54, 1.807) is 0 Å². The number of unbranched alkanes of at least 4 members (excludes halogenated alkanes) is 2. The third-order valence-electron chi connectivity index (χ3n) is 12.5. The Hall–Kier alpha value is -6.82. The van der Waals surface area contributed by atoms with Crippen LogP contribution >= 0.6 is 0 Å². The average Bonchev–Trinajstić information content (AvgIpc) is 3.99. The van der Waals surface area contributed by atoms with Gasteiger partial charge in [0, 0.05) is 32.4 Å². The van der Waals surface area contributed by atoms with Crippen LogP contribution in [0.5, 0.6) is 0 Å². The molecule has 3 aromatic rings. The lowest BCUT2D eigenvalue weighted by Crippen LogP contribution is -2.58. The highest BCUT2D eigenvalue weighted by atomic mass is 16.5. The summed E-state index contributed by atoms with van der Waals surface area (Å²) in [5.41, 5.74) is 10.8. The van der Waals surface area contributed by atoms with Gasteiger partial charge in [-0.15, -0.1) is 0 Å². The Kier molecular flexibility index (Phi) is 21.2. The smallest absolute Gasteiger partial charge is 0.407 e. The molecule has 18 nitrogen and oxygen atoms in total.